The number of rotatable bonds is 3. The molecule has 0 aromatic carbocycles. The second kappa shape index (κ2) is 6.13. The van der Waals surface area contributed by atoms with Crippen molar-refractivity contribution in [3.8, 4) is 0 Å². The van der Waals surface area contributed by atoms with Crippen LogP contribution in [0.5, 0.6) is 0 Å². The molecule has 0 heterocycles. The van der Waals surface area contributed by atoms with E-state index >= 15 is 0 Å². The van der Waals surface area contributed by atoms with Crippen molar-refractivity contribution in [3.63, 3.8) is 0 Å². The van der Waals surface area contributed by atoms with E-state index in [2.05, 4.69) is 40.1 Å². The largest absolute Gasteiger partial charge is 0.373 e. The monoisotopic (exact) mass is 267 g/mol. The van der Waals surface area contributed by atoms with Gasteiger partial charge in [-0.05, 0) is 62.8 Å². The molecule has 2 saturated carbocycles. The third-order valence-electron chi connectivity index (χ3n) is 5.62. The average Bonchev–Trinajstić information content (AvgIpc) is 2.33. The summed E-state index contributed by atoms with van der Waals surface area (Å²) in [7, 11) is 2.09. The third kappa shape index (κ3) is 3.95. The molecule has 112 valence electrons. The van der Waals surface area contributed by atoms with Crippen molar-refractivity contribution < 1.29 is 4.74 Å². The van der Waals surface area contributed by atoms with Crippen LogP contribution in [0.4, 0.5) is 0 Å². The second-order valence-corrected chi connectivity index (χ2v) is 7.87. The van der Waals surface area contributed by atoms with Crippen molar-refractivity contribution >= 4 is 0 Å². The smallest absolute Gasteiger partial charge is 0.0736 e. The van der Waals surface area contributed by atoms with E-state index in [1.54, 1.807) is 0 Å². The summed E-state index contributed by atoms with van der Waals surface area (Å²) in [6.45, 7) is 9.56. The van der Waals surface area contributed by atoms with Crippen LogP contribution in [-0.4, -0.2) is 25.3 Å². The number of nitrogens with one attached hydrogen (secondary N) is 1. The fourth-order valence-corrected chi connectivity index (χ4v) is 3.86. The van der Waals surface area contributed by atoms with Gasteiger partial charge in [0.1, 0.15) is 0 Å². The molecule has 2 fully saturated rings. The molecule has 2 nitrogen and oxygen atoms in total. The molecule has 0 spiro atoms. The van der Waals surface area contributed by atoms with E-state index in [0.717, 1.165) is 11.8 Å². The molecule has 0 radical (unpaired) electrons. The summed E-state index contributed by atoms with van der Waals surface area (Å²) < 4.78 is 6.53. The van der Waals surface area contributed by atoms with Crippen LogP contribution in [0, 0.1) is 17.3 Å². The molecule has 5 atom stereocenters. The Morgan fingerprint density at radius 1 is 1.05 bits per heavy atom. The Kier molecular flexibility index (Phi) is 4.94. The van der Waals surface area contributed by atoms with E-state index in [0.29, 0.717) is 23.7 Å². The zero-order valence-corrected chi connectivity index (χ0v) is 13.5. The Labute approximate surface area is 119 Å². The first-order chi connectivity index (χ1) is 8.91. The summed E-state index contributed by atoms with van der Waals surface area (Å²) in [6.07, 6.45) is 8.56. The molecule has 0 aromatic heterocycles. The molecule has 2 aliphatic rings. The highest BCUT2D eigenvalue weighted by Gasteiger charge is 2.37. The fourth-order valence-electron chi connectivity index (χ4n) is 3.86. The highest BCUT2D eigenvalue weighted by atomic mass is 16.5. The maximum absolute atomic E-state index is 6.53. The lowest BCUT2D eigenvalue weighted by molar-refractivity contribution is -0.0908. The summed E-state index contributed by atoms with van der Waals surface area (Å²) in [5, 5.41) is 3.48. The molecule has 1 N–H and O–H groups in total. The Morgan fingerprint density at radius 2 is 1.79 bits per heavy atom. The van der Waals surface area contributed by atoms with Gasteiger partial charge in [0, 0.05) is 6.04 Å². The zero-order valence-electron chi connectivity index (χ0n) is 13.5. The number of likely N-dealkylation sites (N-methyl/N-ethyl adjacent to an activating group) is 1. The average molecular weight is 267 g/mol. The van der Waals surface area contributed by atoms with Crippen LogP contribution in [0.15, 0.2) is 0 Å². The molecule has 2 rings (SSSR count). The molecule has 2 aliphatic carbocycles. The maximum Gasteiger partial charge on any atom is 0.0736 e. The van der Waals surface area contributed by atoms with E-state index in [1.165, 1.54) is 38.5 Å². The molecule has 0 amide bonds. The Hall–Kier alpha value is -0.0800. The predicted octanol–water partition coefficient (Wildman–Crippen LogP) is 3.99. The van der Waals surface area contributed by atoms with E-state index in [9.17, 15) is 0 Å². The van der Waals surface area contributed by atoms with Crippen LogP contribution in [0.3, 0.4) is 0 Å². The predicted molar refractivity (Wildman–Crippen MR) is 81.3 cm³/mol. The Bertz CT molecular complexity index is 289. The lowest BCUT2D eigenvalue weighted by Gasteiger charge is -2.43. The van der Waals surface area contributed by atoms with Crippen LogP contribution >= 0.6 is 0 Å². The number of hydrogen-bond donors (Lipinski definition) is 1. The number of hydrogen-bond acceptors (Lipinski definition) is 2. The van der Waals surface area contributed by atoms with Crippen molar-refractivity contribution in [1.82, 2.24) is 5.32 Å². The first-order valence-corrected chi connectivity index (χ1v) is 8.24. The van der Waals surface area contributed by atoms with Crippen LogP contribution in [0.1, 0.15) is 66.2 Å². The molecule has 19 heavy (non-hydrogen) atoms. The van der Waals surface area contributed by atoms with Gasteiger partial charge >= 0.3 is 0 Å². The lowest BCUT2D eigenvalue weighted by Crippen LogP contribution is -2.48. The molecule has 0 aromatic rings. The van der Waals surface area contributed by atoms with Gasteiger partial charge in [0.15, 0.2) is 0 Å². The van der Waals surface area contributed by atoms with Crippen LogP contribution in [0.25, 0.3) is 0 Å². The zero-order chi connectivity index (χ0) is 14.0. The minimum atomic E-state index is 0.416. The van der Waals surface area contributed by atoms with Gasteiger partial charge in [-0.1, -0.05) is 27.7 Å². The standard InChI is InChI=1S/C17H33NO/c1-12-6-7-14(10-13(12)2)19-16-11-17(3,4)9-8-15(16)18-5/h12-16,18H,6-11H2,1-5H3. The van der Waals surface area contributed by atoms with Crippen LogP contribution < -0.4 is 5.32 Å². The highest BCUT2D eigenvalue weighted by molar-refractivity contribution is 4.90. The van der Waals surface area contributed by atoms with E-state index in [1.807, 2.05) is 0 Å². The van der Waals surface area contributed by atoms with Crippen molar-refractivity contribution in [2.24, 2.45) is 17.3 Å². The number of ether oxygens (including phenoxy) is 1. The molecule has 5 unspecified atom stereocenters. The Morgan fingerprint density at radius 3 is 2.42 bits per heavy atom. The molecular formula is C17H33NO. The van der Waals surface area contributed by atoms with Gasteiger partial charge in [-0.2, -0.15) is 0 Å². The van der Waals surface area contributed by atoms with Gasteiger partial charge in [-0.3, -0.25) is 0 Å². The first kappa shape index (κ1) is 15.3. The Balaban J connectivity index is 1.92. The molecular weight excluding hydrogens is 234 g/mol. The van der Waals surface area contributed by atoms with Gasteiger partial charge in [-0.25, -0.2) is 0 Å². The van der Waals surface area contributed by atoms with Crippen molar-refractivity contribution in [1.29, 1.82) is 0 Å². The highest BCUT2D eigenvalue weighted by Crippen LogP contribution is 2.39. The molecule has 0 aliphatic heterocycles. The van der Waals surface area contributed by atoms with Crippen molar-refractivity contribution in [2.45, 2.75) is 84.5 Å². The summed E-state index contributed by atoms with van der Waals surface area (Å²) in [5.74, 6) is 1.70. The van der Waals surface area contributed by atoms with Gasteiger partial charge in [0.25, 0.3) is 0 Å². The van der Waals surface area contributed by atoms with Gasteiger partial charge in [-0.15, -0.1) is 0 Å². The summed E-state index contributed by atoms with van der Waals surface area (Å²) >= 11 is 0. The van der Waals surface area contributed by atoms with Gasteiger partial charge < -0.3 is 10.1 Å². The van der Waals surface area contributed by atoms with Crippen LogP contribution in [0.2, 0.25) is 0 Å². The summed E-state index contributed by atoms with van der Waals surface area (Å²) in [6, 6.07) is 0.558. The maximum atomic E-state index is 6.53. The van der Waals surface area contributed by atoms with Crippen molar-refractivity contribution in [2.75, 3.05) is 7.05 Å². The lowest BCUT2D eigenvalue weighted by atomic mass is 9.73. The minimum absolute atomic E-state index is 0.416. The van der Waals surface area contributed by atoms with E-state index in [-0.39, 0.29) is 0 Å². The molecule has 0 saturated heterocycles. The summed E-state index contributed by atoms with van der Waals surface area (Å²) in [4.78, 5) is 0. The third-order valence-corrected chi connectivity index (χ3v) is 5.62. The molecule has 0 bridgehead atoms. The van der Waals surface area contributed by atoms with Gasteiger partial charge in [0.2, 0.25) is 0 Å². The molecule has 2 heteroatoms. The van der Waals surface area contributed by atoms with E-state index < -0.39 is 0 Å². The topological polar surface area (TPSA) is 21.3 Å². The normalized spacial score (nSPS) is 43.1. The summed E-state index contributed by atoms with van der Waals surface area (Å²) in [5.41, 5.74) is 0.450. The quantitative estimate of drug-likeness (QED) is 0.834. The minimum Gasteiger partial charge on any atom is -0.373 e. The first-order valence-electron chi connectivity index (χ1n) is 8.24. The fraction of sp³-hybridized carbons (Fsp3) is 1.00. The van der Waals surface area contributed by atoms with E-state index in [4.69, 9.17) is 4.74 Å². The second-order valence-electron chi connectivity index (χ2n) is 7.87. The SMILES string of the molecule is CNC1CCC(C)(C)CC1OC1CCC(C)C(C)C1. The van der Waals surface area contributed by atoms with Gasteiger partial charge in [0.05, 0.1) is 12.2 Å². The van der Waals surface area contributed by atoms with Crippen molar-refractivity contribution in [3.05, 3.63) is 0 Å². The van der Waals surface area contributed by atoms with Crippen LogP contribution in [-0.2, 0) is 4.74 Å².